The van der Waals surface area contributed by atoms with E-state index in [0.717, 1.165) is 37.4 Å². The summed E-state index contributed by atoms with van der Waals surface area (Å²) in [5.74, 6) is -2.69. The number of carboxylic acid groups (broad SMARTS) is 1. The molecule has 1 aromatic heterocycles. The summed E-state index contributed by atoms with van der Waals surface area (Å²) in [7, 11) is 1.72. The maximum absolute atomic E-state index is 13.0. The summed E-state index contributed by atoms with van der Waals surface area (Å²) in [6, 6.07) is 6.67. The number of methoxy groups -OCH3 is 1. The largest absolute Gasteiger partial charge is 0.490 e. The van der Waals surface area contributed by atoms with Crippen molar-refractivity contribution in [2.45, 2.75) is 38.7 Å². The summed E-state index contributed by atoms with van der Waals surface area (Å²) in [5.41, 5.74) is 3.32. The van der Waals surface area contributed by atoms with Crippen molar-refractivity contribution in [1.82, 2.24) is 19.9 Å². The van der Waals surface area contributed by atoms with Gasteiger partial charge in [0.15, 0.2) is 0 Å². The number of aromatic nitrogens is 3. The molecule has 1 aliphatic rings. The van der Waals surface area contributed by atoms with Crippen LogP contribution in [0.3, 0.4) is 0 Å². The third kappa shape index (κ3) is 6.23. The molecule has 2 heterocycles. The first-order valence-electron chi connectivity index (χ1n) is 8.83. The van der Waals surface area contributed by atoms with Crippen LogP contribution in [0, 0.1) is 5.82 Å². The molecule has 1 unspecified atom stereocenters. The molecule has 1 aromatic carbocycles. The van der Waals surface area contributed by atoms with E-state index < -0.39 is 12.1 Å². The van der Waals surface area contributed by atoms with E-state index in [1.54, 1.807) is 7.11 Å². The molecule has 0 radical (unpaired) electrons. The molecule has 29 heavy (non-hydrogen) atoms. The Bertz CT molecular complexity index is 808. The second-order valence-corrected chi connectivity index (χ2v) is 6.49. The summed E-state index contributed by atoms with van der Waals surface area (Å²) in [6.07, 6.45) is -5.08. The van der Waals surface area contributed by atoms with Gasteiger partial charge >= 0.3 is 12.1 Å². The van der Waals surface area contributed by atoms with Crippen molar-refractivity contribution in [2.75, 3.05) is 20.3 Å². The highest BCUT2D eigenvalue weighted by Crippen LogP contribution is 2.28. The monoisotopic (exact) mass is 418 g/mol. The maximum Gasteiger partial charge on any atom is 0.490 e. The predicted octanol–water partition coefficient (Wildman–Crippen LogP) is 2.82. The first-order valence-corrected chi connectivity index (χ1v) is 8.83. The number of carbonyl (C=O) groups is 1. The number of hydrogen-bond acceptors (Lipinski definition) is 5. The van der Waals surface area contributed by atoms with E-state index in [1.165, 1.54) is 17.8 Å². The van der Waals surface area contributed by atoms with E-state index in [0.29, 0.717) is 6.61 Å². The van der Waals surface area contributed by atoms with Crippen molar-refractivity contribution in [1.29, 1.82) is 0 Å². The van der Waals surface area contributed by atoms with Crippen molar-refractivity contribution in [3.63, 3.8) is 0 Å². The summed E-state index contributed by atoms with van der Waals surface area (Å²) >= 11 is 0. The van der Waals surface area contributed by atoms with E-state index in [9.17, 15) is 17.6 Å². The van der Waals surface area contributed by atoms with Crippen LogP contribution in [-0.4, -0.2) is 57.4 Å². The summed E-state index contributed by atoms with van der Waals surface area (Å²) in [6.45, 7) is 5.99. The number of rotatable bonds is 5. The SMILES string of the molecule is CCn1nnc2c1C(COC)CN(Cc1ccc(F)cc1)C2.O=C(O)C(F)(F)F. The van der Waals surface area contributed by atoms with Gasteiger partial charge in [0.1, 0.15) is 11.5 Å². The van der Waals surface area contributed by atoms with Gasteiger partial charge in [-0.25, -0.2) is 13.9 Å². The van der Waals surface area contributed by atoms with Gasteiger partial charge < -0.3 is 9.84 Å². The van der Waals surface area contributed by atoms with Gasteiger partial charge in [0.05, 0.1) is 12.3 Å². The normalized spacial score (nSPS) is 16.7. The molecule has 0 saturated heterocycles. The van der Waals surface area contributed by atoms with Crippen molar-refractivity contribution >= 4 is 5.97 Å². The van der Waals surface area contributed by atoms with Crippen LogP contribution in [0.25, 0.3) is 0 Å². The molecule has 0 amide bonds. The Kier molecular flexibility index (Phi) is 7.68. The van der Waals surface area contributed by atoms with E-state index >= 15 is 0 Å². The molecule has 0 bridgehead atoms. The smallest absolute Gasteiger partial charge is 0.475 e. The first kappa shape index (κ1) is 22.8. The van der Waals surface area contributed by atoms with Crippen LogP contribution in [0.5, 0.6) is 0 Å². The third-order valence-corrected chi connectivity index (χ3v) is 4.32. The highest BCUT2D eigenvalue weighted by atomic mass is 19.4. The number of aryl methyl sites for hydroxylation is 1. The Hall–Kier alpha value is -2.53. The van der Waals surface area contributed by atoms with Gasteiger partial charge in [-0.2, -0.15) is 13.2 Å². The molecule has 7 nitrogen and oxygen atoms in total. The number of ether oxygens (including phenoxy) is 1. The predicted molar refractivity (Wildman–Crippen MR) is 94.5 cm³/mol. The van der Waals surface area contributed by atoms with Crippen LogP contribution in [0.1, 0.15) is 29.8 Å². The maximum atomic E-state index is 13.0. The standard InChI is InChI=1S/C16H21FN4O.C2HF3O2/c1-3-21-16-13(11-22-2)9-20(10-15(16)18-19-21)8-12-4-6-14(17)7-5-12;3-2(4,5)1(6)7/h4-7,13H,3,8-11H2,1-2H3;(H,6,7). The number of halogens is 4. The van der Waals surface area contributed by atoms with Crippen LogP contribution >= 0.6 is 0 Å². The van der Waals surface area contributed by atoms with Gasteiger partial charge in [0.25, 0.3) is 0 Å². The van der Waals surface area contributed by atoms with Gasteiger partial charge in [0.2, 0.25) is 0 Å². The Morgan fingerprint density at radius 3 is 2.45 bits per heavy atom. The zero-order chi connectivity index (χ0) is 21.6. The quantitative estimate of drug-likeness (QED) is 0.753. The van der Waals surface area contributed by atoms with Crippen molar-refractivity contribution in [3.8, 4) is 0 Å². The Balaban J connectivity index is 0.000000370. The van der Waals surface area contributed by atoms with Crippen molar-refractivity contribution in [2.24, 2.45) is 0 Å². The molecule has 0 saturated carbocycles. The lowest BCUT2D eigenvalue weighted by Gasteiger charge is -2.32. The van der Waals surface area contributed by atoms with Crippen LogP contribution in [0.2, 0.25) is 0 Å². The average molecular weight is 418 g/mol. The van der Waals surface area contributed by atoms with Crippen molar-refractivity contribution < 1.29 is 32.2 Å². The summed E-state index contributed by atoms with van der Waals surface area (Å²) in [5, 5.41) is 15.7. The molecule has 0 aliphatic carbocycles. The molecule has 0 fully saturated rings. The summed E-state index contributed by atoms with van der Waals surface area (Å²) < 4.78 is 52.1. The fraction of sp³-hybridized carbons (Fsp3) is 0.500. The van der Waals surface area contributed by atoms with E-state index in [4.69, 9.17) is 14.6 Å². The van der Waals surface area contributed by atoms with E-state index in [-0.39, 0.29) is 11.7 Å². The molecular weight excluding hydrogens is 396 g/mol. The number of aliphatic carboxylic acids is 1. The topological polar surface area (TPSA) is 80.5 Å². The fourth-order valence-electron chi connectivity index (χ4n) is 3.12. The number of fused-ring (bicyclic) bond motifs is 1. The first-order chi connectivity index (χ1) is 13.7. The van der Waals surface area contributed by atoms with Crippen LogP contribution in [-0.2, 0) is 29.2 Å². The van der Waals surface area contributed by atoms with Crippen LogP contribution in [0.15, 0.2) is 24.3 Å². The molecule has 1 N–H and O–H groups in total. The zero-order valence-electron chi connectivity index (χ0n) is 16.0. The van der Waals surface area contributed by atoms with Crippen molar-refractivity contribution in [3.05, 3.63) is 47.0 Å². The highest BCUT2D eigenvalue weighted by Gasteiger charge is 2.38. The number of alkyl halides is 3. The molecule has 3 rings (SSSR count). The van der Waals surface area contributed by atoms with Gasteiger partial charge in [-0.1, -0.05) is 17.3 Å². The second kappa shape index (κ2) is 9.79. The lowest BCUT2D eigenvalue weighted by molar-refractivity contribution is -0.192. The van der Waals surface area contributed by atoms with Gasteiger partial charge in [0, 0.05) is 39.2 Å². The molecule has 1 atom stereocenters. The molecule has 11 heteroatoms. The third-order valence-electron chi connectivity index (χ3n) is 4.32. The average Bonchev–Trinajstić information content (AvgIpc) is 3.07. The minimum Gasteiger partial charge on any atom is -0.475 e. The highest BCUT2D eigenvalue weighted by molar-refractivity contribution is 5.73. The minimum absolute atomic E-state index is 0.201. The fourth-order valence-corrected chi connectivity index (χ4v) is 3.12. The van der Waals surface area contributed by atoms with Gasteiger partial charge in [-0.3, -0.25) is 4.90 Å². The van der Waals surface area contributed by atoms with E-state index in [2.05, 4.69) is 22.1 Å². The molecular formula is C18H22F4N4O3. The zero-order valence-corrected chi connectivity index (χ0v) is 16.0. The summed E-state index contributed by atoms with van der Waals surface area (Å²) in [4.78, 5) is 11.2. The Morgan fingerprint density at radius 1 is 1.31 bits per heavy atom. The second-order valence-electron chi connectivity index (χ2n) is 6.49. The molecule has 0 spiro atoms. The minimum atomic E-state index is -5.08. The number of carboxylic acids is 1. The molecule has 1 aliphatic heterocycles. The van der Waals surface area contributed by atoms with E-state index in [1.807, 2.05) is 16.8 Å². The van der Waals surface area contributed by atoms with Crippen LogP contribution < -0.4 is 0 Å². The number of hydrogen-bond donors (Lipinski definition) is 1. The number of benzene rings is 1. The number of nitrogens with zero attached hydrogens (tertiary/aromatic N) is 4. The van der Waals surface area contributed by atoms with Gasteiger partial charge in [-0.15, -0.1) is 5.10 Å². The lowest BCUT2D eigenvalue weighted by Crippen LogP contribution is -2.36. The Morgan fingerprint density at radius 2 is 1.93 bits per heavy atom. The van der Waals surface area contributed by atoms with Crippen LogP contribution in [0.4, 0.5) is 17.6 Å². The lowest BCUT2D eigenvalue weighted by atomic mass is 9.98. The molecule has 160 valence electrons. The Labute approximate surface area is 164 Å². The molecule has 2 aromatic rings. The van der Waals surface area contributed by atoms with Gasteiger partial charge in [-0.05, 0) is 24.6 Å².